The van der Waals surface area contributed by atoms with Gasteiger partial charge in [-0.15, -0.1) is 0 Å². The van der Waals surface area contributed by atoms with Crippen LogP contribution in [0.4, 0.5) is 0 Å². The summed E-state index contributed by atoms with van der Waals surface area (Å²) in [5, 5.41) is 0. The SMILES string of the molecule is CC[Si](NC)(NC)C(C)C. The Hall–Kier alpha value is 0.137. The number of hydrogen-bond donors (Lipinski definition) is 2. The van der Waals surface area contributed by atoms with Gasteiger partial charge >= 0.3 is 0 Å². The van der Waals surface area contributed by atoms with E-state index in [0.29, 0.717) is 0 Å². The van der Waals surface area contributed by atoms with E-state index in [2.05, 4.69) is 44.8 Å². The van der Waals surface area contributed by atoms with Gasteiger partial charge in [-0.05, 0) is 25.7 Å². The molecule has 0 heterocycles. The van der Waals surface area contributed by atoms with E-state index in [-0.39, 0.29) is 0 Å². The molecule has 0 radical (unpaired) electrons. The molecule has 2 N–H and O–H groups in total. The summed E-state index contributed by atoms with van der Waals surface area (Å²) >= 11 is 0. The van der Waals surface area contributed by atoms with Crippen molar-refractivity contribution in [2.75, 3.05) is 14.1 Å². The van der Waals surface area contributed by atoms with Crippen molar-refractivity contribution in [1.29, 1.82) is 0 Å². The maximum atomic E-state index is 3.44. The van der Waals surface area contributed by atoms with Crippen LogP contribution >= 0.6 is 0 Å². The van der Waals surface area contributed by atoms with Crippen LogP contribution in [0.2, 0.25) is 11.6 Å². The van der Waals surface area contributed by atoms with Crippen molar-refractivity contribution in [2.24, 2.45) is 0 Å². The van der Waals surface area contributed by atoms with Crippen molar-refractivity contribution in [3.05, 3.63) is 0 Å². The molecule has 0 spiro atoms. The van der Waals surface area contributed by atoms with E-state index in [1.165, 1.54) is 6.04 Å². The molecule has 0 aromatic heterocycles. The van der Waals surface area contributed by atoms with Gasteiger partial charge in [0.1, 0.15) is 0 Å². The van der Waals surface area contributed by atoms with Crippen molar-refractivity contribution in [2.45, 2.75) is 32.4 Å². The molecule has 0 fully saturated rings. The fourth-order valence-electron chi connectivity index (χ4n) is 1.46. The van der Waals surface area contributed by atoms with Crippen molar-refractivity contribution in [3.63, 3.8) is 0 Å². The van der Waals surface area contributed by atoms with Crippen molar-refractivity contribution < 1.29 is 0 Å². The number of hydrogen-bond acceptors (Lipinski definition) is 2. The van der Waals surface area contributed by atoms with Crippen LogP contribution in [0.15, 0.2) is 0 Å². The Morgan fingerprint density at radius 3 is 1.60 bits per heavy atom. The Kier molecular flexibility index (Phi) is 4.16. The quantitative estimate of drug-likeness (QED) is 0.606. The topological polar surface area (TPSA) is 24.1 Å². The lowest BCUT2D eigenvalue weighted by Gasteiger charge is -2.32. The number of rotatable bonds is 4. The van der Waals surface area contributed by atoms with Gasteiger partial charge in [-0.3, -0.25) is 0 Å². The van der Waals surface area contributed by atoms with E-state index < -0.39 is 8.40 Å². The maximum Gasteiger partial charge on any atom is 0.203 e. The summed E-state index contributed by atoms with van der Waals surface area (Å²) in [4.78, 5) is 6.88. The lowest BCUT2D eigenvalue weighted by molar-refractivity contribution is 0.852. The van der Waals surface area contributed by atoms with Gasteiger partial charge in [0.25, 0.3) is 0 Å². The molecule has 0 aliphatic rings. The van der Waals surface area contributed by atoms with E-state index in [9.17, 15) is 0 Å². The second-order valence-corrected chi connectivity index (χ2v) is 7.78. The fourth-order valence-corrected chi connectivity index (χ4v) is 4.39. The molecule has 0 unspecified atom stereocenters. The molecular weight excluding hydrogens is 140 g/mol. The van der Waals surface area contributed by atoms with Gasteiger partial charge in [0.15, 0.2) is 0 Å². The van der Waals surface area contributed by atoms with Gasteiger partial charge in [-0.25, -0.2) is 0 Å². The summed E-state index contributed by atoms with van der Waals surface area (Å²) in [5.41, 5.74) is 0.757. The second-order valence-electron chi connectivity index (χ2n) is 2.98. The third kappa shape index (κ3) is 1.81. The molecule has 0 aromatic rings. The van der Waals surface area contributed by atoms with E-state index in [1.54, 1.807) is 0 Å². The minimum atomic E-state index is -1.29. The molecule has 0 aromatic carbocycles. The molecule has 0 aliphatic heterocycles. The molecule has 2 nitrogen and oxygen atoms in total. The molecular formula is C7H20N2Si. The summed E-state index contributed by atoms with van der Waals surface area (Å²) in [6.45, 7) is 6.81. The molecule has 0 rings (SSSR count). The first-order valence-electron chi connectivity index (χ1n) is 4.00. The van der Waals surface area contributed by atoms with Crippen LogP contribution in [0.5, 0.6) is 0 Å². The van der Waals surface area contributed by atoms with Crippen LogP contribution in [0, 0.1) is 0 Å². The van der Waals surface area contributed by atoms with Gasteiger partial charge in [-0.2, -0.15) is 0 Å². The van der Waals surface area contributed by atoms with Crippen LogP contribution in [0.3, 0.4) is 0 Å². The molecule has 0 bridgehead atoms. The molecule has 10 heavy (non-hydrogen) atoms. The smallest absolute Gasteiger partial charge is 0.203 e. The van der Waals surface area contributed by atoms with Gasteiger partial charge in [0, 0.05) is 0 Å². The molecule has 0 atom stereocenters. The van der Waals surface area contributed by atoms with E-state index in [0.717, 1.165) is 5.54 Å². The average Bonchev–Trinajstić information content (AvgIpc) is 1.92. The van der Waals surface area contributed by atoms with Crippen LogP contribution in [-0.2, 0) is 0 Å². The van der Waals surface area contributed by atoms with Crippen molar-refractivity contribution in [3.8, 4) is 0 Å². The Morgan fingerprint density at radius 1 is 1.20 bits per heavy atom. The Bertz CT molecular complexity index is 81.3. The molecule has 3 heteroatoms. The van der Waals surface area contributed by atoms with Crippen molar-refractivity contribution in [1.82, 2.24) is 9.96 Å². The largest absolute Gasteiger partial charge is 0.328 e. The lowest BCUT2D eigenvalue weighted by Crippen LogP contribution is -2.61. The van der Waals surface area contributed by atoms with Gasteiger partial charge in [0.05, 0.1) is 0 Å². The Morgan fingerprint density at radius 2 is 1.60 bits per heavy atom. The summed E-state index contributed by atoms with van der Waals surface area (Å²) in [5.74, 6) is 0. The zero-order chi connectivity index (χ0) is 8.20. The zero-order valence-electron chi connectivity index (χ0n) is 7.78. The summed E-state index contributed by atoms with van der Waals surface area (Å²) in [7, 11) is 2.83. The van der Waals surface area contributed by atoms with Gasteiger partial charge in [0.2, 0.25) is 8.40 Å². The number of nitrogens with one attached hydrogen (secondary N) is 2. The molecule has 0 aliphatic carbocycles. The predicted octanol–water partition coefficient (Wildman–Crippen LogP) is 1.30. The molecule has 0 saturated heterocycles. The molecule has 0 amide bonds. The highest BCUT2D eigenvalue weighted by molar-refractivity contribution is 6.76. The minimum Gasteiger partial charge on any atom is -0.328 e. The average molecular weight is 160 g/mol. The first-order chi connectivity index (χ1) is 4.63. The monoisotopic (exact) mass is 160 g/mol. The highest BCUT2D eigenvalue weighted by atomic mass is 28.3. The zero-order valence-corrected chi connectivity index (χ0v) is 8.78. The molecule has 0 saturated carbocycles. The first-order valence-corrected chi connectivity index (χ1v) is 6.29. The normalized spacial score (nSPS) is 12.6. The second kappa shape index (κ2) is 4.11. The maximum absolute atomic E-state index is 3.44. The van der Waals surface area contributed by atoms with Gasteiger partial charge in [-0.1, -0.05) is 20.8 Å². The summed E-state index contributed by atoms with van der Waals surface area (Å²) < 4.78 is 0. The molecule has 62 valence electrons. The Balaban J connectivity index is 4.15. The predicted molar refractivity (Wildman–Crippen MR) is 49.5 cm³/mol. The third-order valence-electron chi connectivity index (χ3n) is 2.44. The van der Waals surface area contributed by atoms with E-state index in [4.69, 9.17) is 0 Å². The highest BCUT2D eigenvalue weighted by Gasteiger charge is 2.31. The summed E-state index contributed by atoms with van der Waals surface area (Å²) in [6, 6.07) is 1.25. The van der Waals surface area contributed by atoms with E-state index >= 15 is 0 Å². The van der Waals surface area contributed by atoms with Crippen molar-refractivity contribution >= 4 is 8.40 Å². The first kappa shape index (κ1) is 10.1. The van der Waals surface area contributed by atoms with Crippen LogP contribution in [0.25, 0.3) is 0 Å². The third-order valence-corrected chi connectivity index (χ3v) is 7.31. The van der Waals surface area contributed by atoms with Crippen LogP contribution in [0.1, 0.15) is 20.8 Å². The Labute approximate surface area is 65.6 Å². The highest BCUT2D eigenvalue weighted by Crippen LogP contribution is 2.17. The fraction of sp³-hybridized carbons (Fsp3) is 1.00. The van der Waals surface area contributed by atoms with Crippen LogP contribution < -0.4 is 9.96 Å². The minimum absolute atomic E-state index is 0.757. The van der Waals surface area contributed by atoms with Crippen LogP contribution in [-0.4, -0.2) is 22.5 Å². The van der Waals surface area contributed by atoms with Gasteiger partial charge < -0.3 is 9.96 Å². The standard InChI is InChI=1S/C7H20N2Si/c1-6-10(8-4,9-5)7(2)3/h7-9H,6H2,1-5H3. The summed E-state index contributed by atoms with van der Waals surface area (Å²) in [6.07, 6.45) is 0. The lowest BCUT2D eigenvalue weighted by atomic mass is 10.6. The van der Waals surface area contributed by atoms with E-state index in [1.807, 2.05) is 0 Å².